The van der Waals surface area contributed by atoms with E-state index in [0.717, 1.165) is 30.8 Å². The van der Waals surface area contributed by atoms with Crippen molar-refractivity contribution in [2.24, 2.45) is 0 Å². The Morgan fingerprint density at radius 3 is 2.89 bits per heavy atom. The second kappa shape index (κ2) is 6.78. The normalized spacial score (nSPS) is 20.9. The Labute approximate surface area is 114 Å². The molecule has 0 radical (unpaired) electrons. The van der Waals surface area contributed by atoms with Crippen molar-refractivity contribution in [3.05, 3.63) is 23.8 Å². The summed E-state index contributed by atoms with van der Waals surface area (Å²) in [5, 5.41) is 9.75. The van der Waals surface area contributed by atoms with Gasteiger partial charge in [-0.15, -0.1) is 0 Å². The van der Waals surface area contributed by atoms with E-state index in [1.54, 1.807) is 14.0 Å². The summed E-state index contributed by atoms with van der Waals surface area (Å²) in [6.07, 6.45) is 2.95. The molecule has 0 amide bonds. The minimum Gasteiger partial charge on any atom is -0.497 e. The molecule has 1 aliphatic rings. The third-order valence-electron chi connectivity index (χ3n) is 3.37. The molecule has 0 aliphatic carbocycles. The van der Waals surface area contributed by atoms with Crippen molar-refractivity contribution >= 4 is 0 Å². The summed E-state index contributed by atoms with van der Waals surface area (Å²) >= 11 is 0. The first-order chi connectivity index (χ1) is 9.20. The molecule has 0 saturated carbocycles. The first kappa shape index (κ1) is 14.2. The van der Waals surface area contributed by atoms with Crippen LogP contribution in [0.1, 0.15) is 37.9 Å². The smallest absolute Gasteiger partial charge is 0.128 e. The van der Waals surface area contributed by atoms with Crippen molar-refractivity contribution in [1.82, 2.24) is 0 Å². The van der Waals surface area contributed by atoms with Crippen LogP contribution in [0.4, 0.5) is 0 Å². The average molecular weight is 266 g/mol. The minimum absolute atomic E-state index is 0.154. The second-order valence-electron chi connectivity index (χ2n) is 4.88. The molecule has 1 heterocycles. The predicted octanol–water partition coefficient (Wildman–Crippen LogP) is 2.70. The van der Waals surface area contributed by atoms with Gasteiger partial charge in [-0.2, -0.15) is 0 Å². The molecule has 0 spiro atoms. The Bertz CT molecular complexity index is 397. The minimum atomic E-state index is -0.562. The van der Waals surface area contributed by atoms with E-state index in [-0.39, 0.29) is 6.10 Å². The third kappa shape index (κ3) is 3.85. The van der Waals surface area contributed by atoms with Crippen LogP contribution < -0.4 is 9.47 Å². The molecule has 1 aromatic carbocycles. The summed E-state index contributed by atoms with van der Waals surface area (Å²) in [5.74, 6) is 1.40. The van der Waals surface area contributed by atoms with Crippen LogP contribution in [0.25, 0.3) is 0 Å². The first-order valence-corrected chi connectivity index (χ1v) is 6.81. The summed E-state index contributed by atoms with van der Waals surface area (Å²) in [6, 6.07) is 5.47. The molecular formula is C15H22O4. The number of aliphatic hydroxyl groups is 1. The largest absolute Gasteiger partial charge is 0.497 e. The van der Waals surface area contributed by atoms with Crippen LogP contribution in [-0.2, 0) is 4.74 Å². The van der Waals surface area contributed by atoms with E-state index in [4.69, 9.17) is 14.2 Å². The van der Waals surface area contributed by atoms with Crippen molar-refractivity contribution in [1.29, 1.82) is 0 Å². The highest BCUT2D eigenvalue weighted by Gasteiger charge is 2.16. The van der Waals surface area contributed by atoms with Crippen LogP contribution in [0, 0.1) is 0 Å². The number of hydrogen-bond donors (Lipinski definition) is 1. The Kier molecular flexibility index (Phi) is 5.05. The number of rotatable bonds is 5. The zero-order chi connectivity index (χ0) is 13.7. The number of benzene rings is 1. The lowest BCUT2D eigenvalue weighted by Gasteiger charge is -2.23. The van der Waals surface area contributed by atoms with Gasteiger partial charge in [0.1, 0.15) is 18.1 Å². The van der Waals surface area contributed by atoms with E-state index < -0.39 is 6.10 Å². The zero-order valence-electron chi connectivity index (χ0n) is 11.6. The van der Waals surface area contributed by atoms with Gasteiger partial charge in [0.15, 0.2) is 0 Å². The fourth-order valence-corrected chi connectivity index (χ4v) is 2.23. The van der Waals surface area contributed by atoms with E-state index in [9.17, 15) is 5.11 Å². The van der Waals surface area contributed by atoms with E-state index in [1.807, 2.05) is 18.2 Å². The van der Waals surface area contributed by atoms with Crippen LogP contribution in [0.3, 0.4) is 0 Å². The fourth-order valence-electron chi connectivity index (χ4n) is 2.23. The molecule has 106 valence electrons. The van der Waals surface area contributed by atoms with E-state index >= 15 is 0 Å². The van der Waals surface area contributed by atoms with Crippen LogP contribution in [0.2, 0.25) is 0 Å². The maximum atomic E-state index is 9.75. The highest BCUT2D eigenvalue weighted by atomic mass is 16.5. The summed E-state index contributed by atoms with van der Waals surface area (Å²) in [5.41, 5.74) is 0.775. The third-order valence-corrected chi connectivity index (χ3v) is 3.37. The number of aliphatic hydroxyl groups excluding tert-OH is 1. The molecule has 0 aromatic heterocycles. The van der Waals surface area contributed by atoms with Crippen LogP contribution in [0.15, 0.2) is 18.2 Å². The lowest BCUT2D eigenvalue weighted by atomic mass is 10.1. The fraction of sp³-hybridized carbons (Fsp3) is 0.600. The van der Waals surface area contributed by atoms with Crippen molar-refractivity contribution < 1.29 is 19.3 Å². The van der Waals surface area contributed by atoms with Gasteiger partial charge in [0, 0.05) is 18.2 Å². The van der Waals surface area contributed by atoms with Crippen molar-refractivity contribution in [2.75, 3.05) is 20.3 Å². The predicted molar refractivity (Wildman–Crippen MR) is 72.7 cm³/mol. The molecule has 4 nitrogen and oxygen atoms in total. The van der Waals surface area contributed by atoms with Crippen LogP contribution >= 0.6 is 0 Å². The molecule has 2 rings (SSSR count). The highest BCUT2D eigenvalue weighted by Crippen LogP contribution is 2.30. The SMILES string of the molecule is COc1ccc(C(C)O)c(OCC2CCCCO2)c1. The Morgan fingerprint density at radius 2 is 2.26 bits per heavy atom. The van der Waals surface area contributed by atoms with Gasteiger partial charge in [0.25, 0.3) is 0 Å². The quantitative estimate of drug-likeness (QED) is 0.890. The lowest BCUT2D eigenvalue weighted by Crippen LogP contribution is -2.26. The maximum absolute atomic E-state index is 9.75. The Morgan fingerprint density at radius 1 is 1.42 bits per heavy atom. The molecule has 1 aliphatic heterocycles. The van der Waals surface area contributed by atoms with Crippen molar-refractivity contribution in [3.8, 4) is 11.5 Å². The van der Waals surface area contributed by atoms with Gasteiger partial charge in [0.2, 0.25) is 0 Å². The number of methoxy groups -OCH3 is 1. The van der Waals surface area contributed by atoms with Crippen molar-refractivity contribution in [3.63, 3.8) is 0 Å². The lowest BCUT2D eigenvalue weighted by molar-refractivity contribution is -0.0116. The van der Waals surface area contributed by atoms with Crippen LogP contribution in [-0.4, -0.2) is 31.5 Å². The molecule has 19 heavy (non-hydrogen) atoms. The molecular weight excluding hydrogens is 244 g/mol. The highest BCUT2D eigenvalue weighted by molar-refractivity contribution is 5.41. The topological polar surface area (TPSA) is 47.9 Å². The molecule has 2 atom stereocenters. The molecule has 0 bridgehead atoms. The summed E-state index contributed by atoms with van der Waals surface area (Å²) in [6.45, 7) is 3.06. The van der Waals surface area contributed by atoms with Gasteiger partial charge < -0.3 is 19.3 Å². The summed E-state index contributed by atoms with van der Waals surface area (Å²) in [7, 11) is 1.62. The molecule has 1 saturated heterocycles. The summed E-state index contributed by atoms with van der Waals surface area (Å²) in [4.78, 5) is 0. The molecule has 1 aromatic rings. The van der Waals surface area contributed by atoms with Gasteiger partial charge in [-0.05, 0) is 38.3 Å². The van der Waals surface area contributed by atoms with Gasteiger partial charge in [-0.25, -0.2) is 0 Å². The van der Waals surface area contributed by atoms with Gasteiger partial charge in [-0.1, -0.05) is 0 Å². The number of hydrogen-bond acceptors (Lipinski definition) is 4. The van der Waals surface area contributed by atoms with Crippen molar-refractivity contribution in [2.45, 2.75) is 38.4 Å². The Balaban J connectivity index is 2.03. The molecule has 1 fully saturated rings. The van der Waals surface area contributed by atoms with Gasteiger partial charge in [0.05, 0.1) is 19.3 Å². The summed E-state index contributed by atoms with van der Waals surface area (Å²) < 4.78 is 16.6. The zero-order valence-corrected chi connectivity index (χ0v) is 11.6. The second-order valence-corrected chi connectivity index (χ2v) is 4.88. The molecule has 1 N–H and O–H groups in total. The van der Waals surface area contributed by atoms with E-state index in [1.165, 1.54) is 6.42 Å². The van der Waals surface area contributed by atoms with Gasteiger partial charge >= 0.3 is 0 Å². The van der Waals surface area contributed by atoms with Gasteiger partial charge in [-0.3, -0.25) is 0 Å². The molecule has 2 unspecified atom stereocenters. The average Bonchev–Trinajstić information content (AvgIpc) is 2.45. The molecule has 4 heteroatoms. The van der Waals surface area contributed by atoms with Crippen LogP contribution in [0.5, 0.6) is 11.5 Å². The first-order valence-electron chi connectivity index (χ1n) is 6.81. The number of ether oxygens (including phenoxy) is 3. The monoisotopic (exact) mass is 266 g/mol. The standard InChI is InChI=1S/C15H22O4/c1-11(16)14-7-6-12(17-2)9-15(14)19-10-13-5-3-4-8-18-13/h6-7,9,11,13,16H,3-5,8,10H2,1-2H3. The van der Waals surface area contributed by atoms with E-state index in [0.29, 0.717) is 12.4 Å². The Hall–Kier alpha value is -1.26. The maximum Gasteiger partial charge on any atom is 0.128 e. The van der Waals surface area contributed by atoms with E-state index in [2.05, 4.69) is 0 Å².